The van der Waals surface area contributed by atoms with Crippen molar-refractivity contribution < 1.29 is 4.39 Å². The summed E-state index contributed by atoms with van der Waals surface area (Å²) in [6, 6.07) is 0.306. The highest BCUT2D eigenvalue weighted by atomic mass is 19.1. The molecule has 0 aromatic carbocycles. The number of nitrogens with zero attached hydrogens (tertiary/aromatic N) is 6. The molecule has 2 aromatic heterocycles. The maximum atomic E-state index is 14.7. The van der Waals surface area contributed by atoms with Gasteiger partial charge in [-0.3, -0.25) is 9.58 Å². The molecule has 0 amide bonds. The van der Waals surface area contributed by atoms with Crippen LogP contribution in [0.4, 0.5) is 10.2 Å². The first-order valence-corrected chi connectivity index (χ1v) is 9.48. The van der Waals surface area contributed by atoms with Gasteiger partial charge in [-0.1, -0.05) is 13.8 Å². The van der Waals surface area contributed by atoms with Gasteiger partial charge in [-0.15, -0.1) is 0 Å². The van der Waals surface area contributed by atoms with E-state index in [1.54, 1.807) is 0 Å². The molecule has 1 saturated heterocycles. The van der Waals surface area contributed by atoms with E-state index >= 15 is 0 Å². The number of hydrogen-bond acceptors (Lipinski definition) is 5. The zero-order chi connectivity index (χ0) is 18.7. The van der Waals surface area contributed by atoms with Crippen LogP contribution in [0.5, 0.6) is 0 Å². The van der Waals surface area contributed by atoms with Gasteiger partial charge in [-0.05, 0) is 38.3 Å². The van der Waals surface area contributed by atoms with Crippen LogP contribution in [0, 0.1) is 11.7 Å². The molecule has 2 atom stereocenters. The van der Waals surface area contributed by atoms with Crippen molar-refractivity contribution in [3.63, 3.8) is 0 Å². The molecule has 3 heterocycles. The average molecular weight is 360 g/mol. The van der Waals surface area contributed by atoms with Crippen molar-refractivity contribution in [1.29, 1.82) is 0 Å². The predicted molar refractivity (Wildman–Crippen MR) is 101 cm³/mol. The van der Waals surface area contributed by atoms with Crippen molar-refractivity contribution in [3.8, 4) is 0 Å². The first-order valence-electron chi connectivity index (χ1n) is 9.48. The number of anilines is 1. The van der Waals surface area contributed by atoms with Gasteiger partial charge in [-0.25, -0.2) is 14.4 Å². The van der Waals surface area contributed by atoms with Crippen molar-refractivity contribution in [3.05, 3.63) is 35.8 Å². The van der Waals surface area contributed by atoms with Crippen molar-refractivity contribution in [1.82, 2.24) is 24.6 Å². The molecule has 0 N–H and O–H groups in total. The van der Waals surface area contributed by atoms with Crippen LogP contribution in [-0.4, -0.2) is 51.3 Å². The lowest BCUT2D eigenvalue weighted by atomic mass is 9.85. The molecular formula is C19H29FN6. The number of aromatic nitrogens is 4. The van der Waals surface area contributed by atoms with Crippen molar-refractivity contribution in [2.45, 2.75) is 39.2 Å². The summed E-state index contributed by atoms with van der Waals surface area (Å²) in [5, 5.41) is 4.36. The summed E-state index contributed by atoms with van der Waals surface area (Å²) in [4.78, 5) is 12.7. The molecule has 0 aliphatic carbocycles. The van der Waals surface area contributed by atoms with Gasteiger partial charge in [-0.2, -0.15) is 5.10 Å². The van der Waals surface area contributed by atoms with Gasteiger partial charge in [0.1, 0.15) is 6.33 Å². The minimum atomic E-state index is -0.293. The predicted octanol–water partition coefficient (Wildman–Crippen LogP) is 2.82. The van der Waals surface area contributed by atoms with Crippen LogP contribution in [0.3, 0.4) is 0 Å². The van der Waals surface area contributed by atoms with Gasteiger partial charge in [0.25, 0.3) is 0 Å². The van der Waals surface area contributed by atoms with Crippen molar-refractivity contribution >= 4 is 5.82 Å². The zero-order valence-electron chi connectivity index (χ0n) is 16.2. The molecule has 0 spiro atoms. The van der Waals surface area contributed by atoms with E-state index in [1.807, 2.05) is 36.8 Å². The van der Waals surface area contributed by atoms with E-state index in [9.17, 15) is 4.39 Å². The quantitative estimate of drug-likeness (QED) is 0.793. The van der Waals surface area contributed by atoms with E-state index in [4.69, 9.17) is 0 Å². The highest BCUT2D eigenvalue weighted by Crippen LogP contribution is 2.36. The molecular weight excluding hydrogens is 331 g/mol. The van der Waals surface area contributed by atoms with Crippen LogP contribution in [0.15, 0.2) is 18.7 Å². The van der Waals surface area contributed by atoms with Gasteiger partial charge >= 0.3 is 0 Å². The number of likely N-dealkylation sites (tertiary alicyclic amines) is 1. The van der Waals surface area contributed by atoms with E-state index in [0.717, 1.165) is 32.5 Å². The first kappa shape index (κ1) is 18.8. The molecule has 0 saturated carbocycles. The Morgan fingerprint density at radius 3 is 2.77 bits per heavy atom. The lowest BCUT2D eigenvalue weighted by molar-refractivity contribution is 0.101. The Morgan fingerprint density at radius 1 is 1.31 bits per heavy atom. The molecule has 0 bridgehead atoms. The molecule has 3 rings (SSSR count). The van der Waals surface area contributed by atoms with Gasteiger partial charge in [0.05, 0.1) is 11.9 Å². The summed E-state index contributed by atoms with van der Waals surface area (Å²) in [5.74, 6) is 0.506. The number of rotatable bonds is 6. The summed E-state index contributed by atoms with van der Waals surface area (Å²) >= 11 is 0. The van der Waals surface area contributed by atoms with Crippen LogP contribution in [0.25, 0.3) is 0 Å². The molecule has 7 heteroatoms. The van der Waals surface area contributed by atoms with Crippen molar-refractivity contribution in [2.75, 3.05) is 31.6 Å². The van der Waals surface area contributed by atoms with E-state index < -0.39 is 0 Å². The molecule has 26 heavy (non-hydrogen) atoms. The van der Waals surface area contributed by atoms with Gasteiger partial charge in [0.15, 0.2) is 11.6 Å². The SMILES string of the molecule is CCc1ncnc(N(C)C[C@@H]2CCCN(CC)[C@H]2c2cnn(C)c2)c1F. The zero-order valence-corrected chi connectivity index (χ0v) is 16.2. The number of hydrogen-bond donors (Lipinski definition) is 0. The third-order valence-corrected chi connectivity index (χ3v) is 5.38. The second kappa shape index (κ2) is 8.12. The number of piperidine rings is 1. The highest BCUT2D eigenvalue weighted by molar-refractivity contribution is 5.40. The normalized spacial score (nSPS) is 21.1. The minimum absolute atomic E-state index is 0.293. The average Bonchev–Trinajstić information content (AvgIpc) is 3.07. The molecule has 2 aromatic rings. The lowest BCUT2D eigenvalue weighted by Gasteiger charge is -2.42. The second-order valence-corrected chi connectivity index (χ2v) is 7.12. The Hall–Kier alpha value is -2.02. The third-order valence-electron chi connectivity index (χ3n) is 5.38. The summed E-state index contributed by atoms with van der Waals surface area (Å²) < 4.78 is 16.5. The fourth-order valence-electron chi connectivity index (χ4n) is 4.12. The Balaban J connectivity index is 1.84. The van der Waals surface area contributed by atoms with Crippen LogP contribution >= 0.6 is 0 Å². The number of aryl methyl sites for hydroxylation is 2. The Bertz CT molecular complexity index is 731. The fraction of sp³-hybridized carbons (Fsp3) is 0.632. The van der Waals surface area contributed by atoms with E-state index in [0.29, 0.717) is 29.9 Å². The lowest BCUT2D eigenvalue weighted by Crippen LogP contribution is -2.43. The van der Waals surface area contributed by atoms with Gasteiger partial charge in [0, 0.05) is 38.4 Å². The summed E-state index contributed by atoms with van der Waals surface area (Å²) in [7, 11) is 3.88. The van der Waals surface area contributed by atoms with Crippen LogP contribution in [0.2, 0.25) is 0 Å². The number of halogens is 1. The summed E-state index contributed by atoms with van der Waals surface area (Å²) in [6.45, 7) is 6.97. The summed E-state index contributed by atoms with van der Waals surface area (Å²) in [5.41, 5.74) is 1.72. The van der Waals surface area contributed by atoms with E-state index in [1.165, 1.54) is 11.9 Å². The van der Waals surface area contributed by atoms with Crippen LogP contribution < -0.4 is 4.90 Å². The maximum absolute atomic E-state index is 14.7. The van der Waals surface area contributed by atoms with Gasteiger partial charge in [0.2, 0.25) is 0 Å². The molecule has 142 valence electrons. The molecule has 1 aliphatic rings. The van der Waals surface area contributed by atoms with Crippen LogP contribution in [0.1, 0.15) is 44.0 Å². The molecule has 6 nitrogen and oxygen atoms in total. The van der Waals surface area contributed by atoms with E-state index in [2.05, 4.69) is 33.1 Å². The Labute approximate surface area is 155 Å². The van der Waals surface area contributed by atoms with Gasteiger partial charge < -0.3 is 4.90 Å². The van der Waals surface area contributed by atoms with Crippen molar-refractivity contribution in [2.24, 2.45) is 13.0 Å². The second-order valence-electron chi connectivity index (χ2n) is 7.12. The Kier molecular flexibility index (Phi) is 5.86. The monoisotopic (exact) mass is 360 g/mol. The molecule has 1 fully saturated rings. The highest BCUT2D eigenvalue weighted by Gasteiger charge is 2.33. The van der Waals surface area contributed by atoms with Crippen LogP contribution in [-0.2, 0) is 13.5 Å². The standard InChI is InChI=1S/C19H29FN6/c1-5-16-17(20)19(22-13-21-16)24(3)11-14-8-7-9-26(6-2)18(14)15-10-23-25(4)12-15/h10,12-14,18H,5-9,11H2,1-4H3/t14-,18+/m0/s1. The minimum Gasteiger partial charge on any atom is -0.357 e. The topological polar surface area (TPSA) is 50.1 Å². The fourth-order valence-corrected chi connectivity index (χ4v) is 4.12. The van der Waals surface area contributed by atoms with E-state index in [-0.39, 0.29) is 5.82 Å². The summed E-state index contributed by atoms with van der Waals surface area (Å²) in [6.07, 6.45) is 8.38. The third kappa shape index (κ3) is 3.72. The molecule has 0 unspecified atom stereocenters. The molecule has 1 aliphatic heterocycles. The largest absolute Gasteiger partial charge is 0.357 e. The molecule has 0 radical (unpaired) electrons. The maximum Gasteiger partial charge on any atom is 0.187 e. The Morgan fingerprint density at radius 2 is 2.12 bits per heavy atom. The first-order chi connectivity index (χ1) is 12.5. The smallest absolute Gasteiger partial charge is 0.187 e.